The fourth-order valence-corrected chi connectivity index (χ4v) is 5.45. The SMILES string of the molecule is CNC(=O)c1ccc(S(=O)(=O)N2CCc3sccc3C2C)cc1. The fraction of sp³-hybridized carbons (Fsp3) is 0.312. The molecule has 1 N–H and O–H groups in total. The number of carbonyl (C=O) groups is 1. The van der Waals surface area contributed by atoms with Crippen molar-refractivity contribution >= 4 is 27.3 Å². The van der Waals surface area contributed by atoms with Crippen LogP contribution < -0.4 is 5.32 Å². The minimum atomic E-state index is -3.57. The molecule has 1 aromatic heterocycles. The van der Waals surface area contributed by atoms with Gasteiger partial charge in [0.2, 0.25) is 10.0 Å². The van der Waals surface area contributed by atoms with Crippen molar-refractivity contribution in [2.24, 2.45) is 0 Å². The molecule has 7 heteroatoms. The van der Waals surface area contributed by atoms with Gasteiger partial charge in [0.1, 0.15) is 0 Å². The van der Waals surface area contributed by atoms with Crippen LogP contribution in [0.4, 0.5) is 0 Å². The number of fused-ring (bicyclic) bond motifs is 1. The van der Waals surface area contributed by atoms with Gasteiger partial charge in [-0.3, -0.25) is 4.79 Å². The summed E-state index contributed by atoms with van der Waals surface area (Å²) in [6.07, 6.45) is 0.743. The van der Waals surface area contributed by atoms with E-state index in [9.17, 15) is 13.2 Å². The zero-order chi connectivity index (χ0) is 16.6. The molecule has 1 aromatic carbocycles. The Hall–Kier alpha value is -1.70. The van der Waals surface area contributed by atoms with Crippen LogP contribution in [-0.2, 0) is 16.4 Å². The van der Waals surface area contributed by atoms with Crippen molar-refractivity contribution in [1.29, 1.82) is 0 Å². The lowest BCUT2D eigenvalue weighted by atomic mass is 10.0. The van der Waals surface area contributed by atoms with Gasteiger partial charge in [0.15, 0.2) is 0 Å². The molecule has 0 spiro atoms. The summed E-state index contributed by atoms with van der Waals surface area (Å²) in [6, 6.07) is 7.90. The molecule has 5 nitrogen and oxygen atoms in total. The van der Waals surface area contributed by atoms with E-state index < -0.39 is 10.0 Å². The maximum atomic E-state index is 12.9. The molecule has 0 aliphatic carbocycles. The van der Waals surface area contributed by atoms with E-state index in [0.29, 0.717) is 12.1 Å². The maximum Gasteiger partial charge on any atom is 0.251 e. The van der Waals surface area contributed by atoms with Gasteiger partial charge in [-0.15, -0.1) is 11.3 Å². The molecule has 3 rings (SSSR count). The zero-order valence-corrected chi connectivity index (χ0v) is 14.6. The van der Waals surface area contributed by atoms with E-state index in [2.05, 4.69) is 5.32 Å². The summed E-state index contributed by atoms with van der Waals surface area (Å²) in [5, 5.41) is 4.53. The van der Waals surface area contributed by atoms with Crippen molar-refractivity contribution in [2.45, 2.75) is 24.3 Å². The van der Waals surface area contributed by atoms with Gasteiger partial charge < -0.3 is 5.32 Å². The highest BCUT2D eigenvalue weighted by Crippen LogP contribution is 2.36. The Kier molecular flexibility index (Phi) is 4.27. The summed E-state index contributed by atoms with van der Waals surface area (Å²) in [5.41, 5.74) is 1.53. The van der Waals surface area contributed by atoms with Gasteiger partial charge in [-0.1, -0.05) is 0 Å². The third-order valence-corrected chi connectivity index (χ3v) is 7.15. The Bertz CT molecular complexity index is 825. The van der Waals surface area contributed by atoms with Crippen molar-refractivity contribution in [3.8, 4) is 0 Å². The van der Waals surface area contributed by atoms with Crippen LogP contribution in [0.15, 0.2) is 40.6 Å². The average Bonchev–Trinajstić information content (AvgIpc) is 3.04. The second-order valence-electron chi connectivity index (χ2n) is 5.44. The largest absolute Gasteiger partial charge is 0.355 e. The quantitative estimate of drug-likeness (QED) is 0.924. The van der Waals surface area contributed by atoms with Gasteiger partial charge in [-0.05, 0) is 54.6 Å². The summed E-state index contributed by atoms with van der Waals surface area (Å²) in [6.45, 7) is 2.40. The first-order valence-electron chi connectivity index (χ1n) is 7.35. The number of benzene rings is 1. The Morgan fingerprint density at radius 2 is 1.96 bits per heavy atom. The smallest absolute Gasteiger partial charge is 0.251 e. The van der Waals surface area contributed by atoms with Gasteiger partial charge in [0.25, 0.3) is 5.91 Å². The fourth-order valence-electron chi connectivity index (χ4n) is 2.87. The molecule has 0 saturated carbocycles. The molecule has 1 aliphatic heterocycles. The van der Waals surface area contributed by atoms with Crippen LogP contribution in [0, 0.1) is 0 Å². The molecule has 1 atom stereocenters. The Balaban J connectivity index is 1.92. The molecule has 0 saturated heterocycles. The summed E-state index contributed by atoms with van der Waals surface area (Å²) < 4.78 is 27.4. The van der Waals surface area contributed by atoms with E-state index in [-0.39, 0.29) is 16.8 Å². The van der Waals surface area contributed by atoms with Crippen molar-refractivity contribution in [1.82, 2.24) is 9.62 Å². The number of sulfonamides is 1. The van der Waals surface area contributed by atoms with Crippen LogP contribution >= 0.6 is 11.3 Å². The summed E-state index contributed by atoms with van der Waals surface area (Å²) >= 11 is 1.68. The molecule has 23 heavy (non-hydrogen) atoms. The number of carbonyl (C=O) groups excluding carboxylic acids is 1. The number of hydrogen-bond donors (Lipinski definition) is 1. The second kappa shape index (κ2) is 6.07. The van der Waals surface area contributed by atoms with Gasteiger partial charge in [0, 0.05) is 30.1 Å². The highest BCUT2D eigenvalue weighted by Gasteiger charge is 2.34. The molecule has 0 bridgehead atoms. The Labute approximate surface area is 140 Å². The molecule has 1 unspecified atom stereocenters. The first-order chi connectivity index (χ1) is 10.9. The second-order valence-corrected chi connectivity index (χ2v) is 8.34. The van der Waals surface area contributed by atoms with E-state index in [4.69, 9.17) is 0 Å². The molecular weight excluding hydrogens is 332 g/mol. The highest BCUT2D eigenvalue weighted by molar-refractivity contribution is 7.89. The van der Waals surface area contributed by atoms with Crippen LogP contribution in [0.3, 0.4) is 0 Å². The molecular formula is C16H18N2O3S2. The van der Waals surface area contributed by atoms with Crippen LogP contribution in [0.1, 0.15) is 33.8 Å². The van der Waals surface area contributed by atoms with Gasteiger partial charge in [0.05, 0.1) is 4.90 Å². The Morgan fingerprint density at radius 3 is 2.61 bits per heavy atom. The first-order valence-corrected chi connectivity index (χ1v) is 9.67. The van der Waals surface area contributed by atoms with Crippen molar-refractivity contribution < 1.29 is 13.2 Å². The molecule has 0 radical (unpaired) electrons. The minimum Gasteiger partial charge on any atom is -0.355 e. The van der Waals surface area contributed by atoms with E-state index in [1.807, 2.05) is 18.4 Å². The zero-order valence-electron chi connectivity index (χ0n) is 12.9. The number of nitrogens with zero attached hydrogens (tertiary/aromatic N) is 1. The average molecular weight is 350 g/mol. The summed E-state index contributed by atoms with van der Waals surface area (Å²) in [4.78, 5) is 13.0. The Morgan fingerprint density at radius 1 is 1.26 bits per heavy atom. The predicted octanol–water partition coefficient (Wildman–Crippen LogP) is 2.42. The predicted molar refractivity (Wildman–Crippen MR) is 90.2 cm³/mol. The number of nitrogens with one attached hydrogen (secondary N) is 1. The van der Waals surface area contributed by atoms with Crippen LogP contribution in [0.5, 0.6) is 0 Å². The summed E-state index contributed by atoms with van der Waals surface area (Å²) in [5.74, 6) is -0.233. The van der Waals surface area contributed by atoms with E-state index in [1.165, 1.54) is 33.4 Å². The van der Waals surface area contributed by atoms with Gasteiger partial charge in [-0.2, -0.15) is 4.31 Å². The highest BCUT2D eigenvalue weighted by atomic mass is 32.2. The van der Waals surface area contributed by atoms with Crippen LogP contribution in [-0.4, -0.2) is 32.2 Å². The lowest BCUT2D eigenvalue weighted by Crippen LogP contribution is -2.38. The number of amides is 1. The topological polar surface area (TPSA) is 66.5 Å². The minimum absolute atomic E-state index is 0.173. The number of thiophene rings is 1. The molecule has 1 aliphatic rings. The van der Waals surface area contributed by atoms with Crippen molar-refractivity contribution in [2.75, 3.05) is 13.6 Å². The molecule has 1 amide bonds. The standard InChI is InChI=1S/C16H18N2O3S2/c1-11-14-8-10-22-15(14)7-9-18(11)23(20,21)13-5-3-12(4-6-13)16(19)17-2/h3-6,8,10-11H,7,9H2,1-2H3,(H,17,19). The van der Waals surface area contributed by atoms with Crippen LogP contribution in [0.25, 0.3) is 0 Å². The third-order valence-electron chi connectivity index (χ3n) is 4.17. The van der Waals surface area contributed by atoms with E-state index in [0.717, 1.165) is 12.0 Å². The van der Waals surface area contributed by atoms with E-state index >= 15 is 0 Å². The monoisotopic (exact) mass is 350 g/mol. The molecule has 0 fully saturated rings. The summed E-state index contributed by atoms with van der Waals surface area (Å²) in [7, 11) is -2.03. The first kappa shape index (κ1) is 16.2. The molecule has 122 valence electrons. The van der Waals surface area contributed by atoms with Gasteiger partial charge in [-0.25, -0.2) is 8.42 Å². The van der Waals surface area contributed by atoms with Gasteiger partial charge >= 0.3 is 0 Å². The van der Waals surface area contributed by atoms with Crippen molar-refractivity contribution in [3.63, 3.8) is 0 Å². The van der Waals surface area contributed by atoms with Crippen molar-refractivity contribution in [3.05, 3.63) is 51.7 Å². The van der Waals surface area contributed by atoms with E-state index in [1.54, 1.807) is 18.4 Å². The number of hydrogen-bond acceptors (Lipinski definition) is 4. The molecule has 2 aromatic rings. The normalized spacial score (nSPS) is 18.4. The lowest BCUT2D eigenvalue weighted by Gasteiger charge is -2.32. The van der Waals surface area contributed by atoms with Crippen LogP contribution in [0.2, 0.25) is 0 Å². The third kappa shape index (κ3) is 2.80. The number of rotatable bonds is 3. The molecule has 2 heterocycles. The lowest BCUT2D eigenvalue weighted by molar-refractivity contribution is 0.0963. The maximum absolute atomic E-state index is 12.9.